The van der Waals surface area contributed by atoms with E-state index in [0.717, 1.165) is 39.0 Å². The van der Waals surface area contributed by atoms with Crippen molar-refractivity contribution in [1.82, 2.24) is 19.7 Å². The van der Waals surface area contributed by atoms with Gasteiger partial charge in [-0.3, -0.25) is 9.36 Å². The van der Waals surface area contributed by atoms with Gasteiger partial charge in [-0.05, 0) is 31.0 Å². The number of carbonyl (C=O) groups excluding carboxylic acids is 1. The third kappa shape index (κ3) is 4.94. The molecule has 146 valence electrons. The summed E-state index contributed by atoms with van der Waals surface area (Å²) in [5, 5.41) is 7.14. The van der Waals surface area contributed by atoms with E-state index < -0.39 is 0 Å². The molecule has 3 rings (SSSR count). The molecule has 8 heteroatoms. The molecule has 1 saturated heterocycles. The molecule has 2 heterocycles. The summed E-state index contributed by atoms with van der Waals surface area (Å²) in [5.74, 6) is 0.405. The molecular weight excluding hydrogens is 362 g/mol. The smallest absolute Gasteiger partial charge is 0.343 e. The van der Waals surface area contributed by atoms with Gasteiger partial charge in [-0.1, -0.05) is 37.2 Å². The predicted octanol–water partition coefficient (Wildman–Crippen LogP) is 2.12. The number of anilines is 1. The van der Waals surface area contributed by atoms with Crippen LogP contribution in [0.1, 0.15) is 25.3 Å². The van der Waals surface area contributed by atoms with E-state index in [0.29, 0.717) is 17.5 Å². The number of carbonyl (C=O) groups is 1. The summed E-state index contributed by atoms with van der Waals surface area (Å²) in [5.41, 5.74) is 2.26. The zero-order chi connectivity index (χ0) is 19.2. The first kappa shape index (κ1) is 19.5. The number of hydrogen-bond donors (Lipinski definition) is 1. The van der Waals surface area contributed by atoms with Crippen LogP contribution in [0.5, 0.6) is 0 Å². The number of unbranched alkanes of at least 4 members (excludes halogenated alkanes) is 1. The van der Waals surface area contributed by atoms with Gasteiger partial charge < -0.3 is 9.80 Å². The number of piperazine rings is 1. The van der Waals surface area contributed by atoms with Gasteiger partial charge in [-0.15, -0.1) is 5.10 Å². The summed E-state index contributed by atoms with van der Waals surface area (Å²) in [6.45, 7) is 7.92. The molecule has 1 aromatic carbocycles. The van der Waals surface area contributed by atoms with Gasteiger partial charge in [-0.2, -0.15) is 0 Å². The van der Waals surface area contributed by atoms with Crippen molar-refractivity contribution in [3.63, 3.8) is 0 Å². The Morgan fingerprint density at radius 2 is 2.04 bits per heavy atom. The summed E-state index contributed by atoms with van der Waals surface area (Å²) in [6, 6.07) is 8.46. The molecule has 0 unspecified atom stereocenters. The van der Waals surface area contributed by atoms with E-state index in [1.165, 1.54) is 23.0 Å². The second kappa shape index (κ2) is 9.12. The van der Waals surface area contributed by atoms with Gasteiger partial charge in [-0.25, -0.2) is 9.89 Å². The van der Waals surface area contributed by atoms with Crippen molar-refractivity contribution in [3.05, 3.63) is 40.3 Å². The SMILES string of the molecule is CCCCn1c(SCC(=O)N2CCN(c3cccc(C)c3)CC2)n[nH]c1=O. The highest BCUT2D eigenvalue weighted by atomic mass is 32.2. The maximum atomic E-state index is 12.6. The predicted molar refractivity (Wildman–Crippen MR) is 108 cm³/mol. The van der Waals surface area contributed by atoms with E-state index in [2.05, 4.69) is 53.2 Å². The third-order valence-corrected chi connectivity index (χ3v) is 5.74. The molecule has 0 bridgehead atoms. The van der Waals surface area contributed by atoms with Gasteiger partial charge in [0.1, 0.15) is 0 Å². The normalized spacial score (nSPS) is 14.6. The van der Waals surface area contributed by atoms with Crippen molar-refractivity contribution in [2.45, 2.75) is 38.4 Å². The molecule has 0 aliphatic carbocycles. The fraction of sp³-hybridized carbons (Fsp3) is 0.526. The first-order valence-corrected chi connectivity index (χ1v) is 10.4. The number of nitrogens with one attached hydrogen (secondary N) is 1. The summed E-state index contributed by atoms with van der Waals surface area (Å²) < 4.78 is 1.62. The minimum atomic E-state index is -0.204. The highest BCUT2D eigenvalue weighted by molar-refractivity contribution is 7.99. The average molecular weight is 390 g/mol. The van der Waals surface area contributed by atoms with E-state index in [1.807, 2.05) is 4.90 Å². The van der Waals surface area contributed by atoms with Gasteiger partial charge in [0.2, 0.25) is 5.91 Å². The molecular formula is C19H27N5O2S. The fourth-order valence-electron chi connectivity index (χ4n) is 3.18. The minimum Gasteiger partial charge on any atom is -0.368 e. The number of thioether (sulfide) groups is 1. The second-order valence-corrected chi connectivity index (χ2v) is 7.75. The number of aromatic amines is 1. The lowest BCUT2D eigenvalue weighted by Gasteiger charge is -2.36. The lowest BCUT2D eigenvalue weighted by Crippen LogP contribution is -2.49. The average Bonchev–Trinajstić information content (AvgIpc) is 3.04. The Morgan fingerprint density at radius 1 is 1.26 bits per heavy atom. The zero-order valence-corrected chi connectivity index (χ0v) is 16.8. The molecule has 1 fully saturated rings. The quantitative estimate of drug-likeness (QED) is 0.734. The van der Waals surface area contributed by atoms with Crippen LogP contribution in [0.4, 0.5) is 5.69 Å². The molecule has 1 aromatic heterocycles. The van der Waals surface area contributed by atoms with Crippen molar-refractivity contribution in [2.24, 2.45) is 0 Å². The lowest BCUT2D eigenvalue weighted by atomic mass is 10.2. The number of aromatic nitrogens is 3. The third-order valence-electron chi connectivity index (χ3n) is 4.78. The van der Waals surface area contributed by atoms with Crippen molar-refractivity contribution < 1.29 is 4.79 Å². The molecule has 0 radical (unpaired) electrons. The molecule has 1 amide bonds. The minimum absolute atomic E-state index is 0.0985. The Balaban J connectivity index is 1.51. The van der Waals surface area contributed by atoms with Crippen LogP contribution < -0.4 is 10.6 Å². The van der Waals surface area contributed by atoms with Crippen LogP contribution >= 0.6 is 11.8 Å². The molecule has 7 nitrogen and oxygen atoms in total. The van der Waals surface area contributed by atoms with Crippen LogP contribution in [0.15, 0.2) is 34.2 Å². The number of nitrogens with zero attached hydrogens (tertiary/aromatic N) is 4. The van der Waals surface area contributed by atoms with Crippen molar-refractivity contribution in [1.29, 1.82) is 0 Å². The molecule has 0 saturated carbocycles. The maximum Gasteiger partial charge on any atom is 0.343 e. The number of aryl methyl sites for hydroxylation is 1. The van der Waals surface area contributed by atoms with Gasteiger partial charge in [0.15, 0.2) is 5.16 Å². The monoisotopic (exact) mass is 389 g/mol. The van der Waals surface area contributed by atoms with E-state index in [1.54, 1.807) is 4.57 Å². The molecule has 27 heavy (non-hydrogen) atoms. The first-order valence-electron chi connectivity index (χ1n) is 9.46. The molecule has 1 aliphatic heterocycles. The topological polar surface area (TPSA) is 74.2 Å². The van der Waals surface area contributed by atoms with E-state index in [4.69, 9.17) is 0 Å². The van der Waals surface area contributed by atoms with Gasteiger partial charge >= 0.3 is 5.69 Å². The second-order valence-electron chi connectivity index (χ2n) is 6.81. The Bertz CT molecular complexity index is 824. The van der Waals surface area contributed by atoms with Crippen molar-refractivity contribution in [3.8, 4) is 0 Å². The Kier molecular flexibility index (Phi) is 6.60. The van der Waals surface area contributed by atoms with E-state index in [-0.39, 0.29) is 11.6 Å². The number of rotatable bonds is 7. The molecule has 2 aromatic rings. The van der Waals surface area contributed by atoms with Crippen LogP contribution in [0.3, 0.4) is 0 Å². The largest absolute Gasteiger partial charge is 0.368 e. The summed E-state index contributed by atoms with van der Waals surface area (Å²) in [6.07, 6.45) is 1.92. The van der Waals surface area contributed by atoms with Gasteiger partial charge in [0.25, 0.3) is 0 Å². The highest BCUT2D eigenvalue weighted by Gasteiger charge is 2.22. The summed E-state index contributed by atoms with van der Waals surface area (Å²) in [4.78, 5) is 28.6. The molecule has 1 N–H and O–H groups in total. The fourth-order valence-corrected chi connectivity index (χ4v) is 4.06. The maximum absolute atomic E-state index is 12.6. The Hall–Kier alpha value is -2.22. The summed E-state index contributed by atoms with van der Waals surface area (Å²) in [7, 11) is 0. The number of amides is 1. The Labute approximate surface area is 163 Å². The number of benzene rings is 1. The molecule has 0 spiro atoms. The van der Waals surface area contributed by atoms with Crippen LogP contribution in [0.2, 0.25) is 0 Å². The highest BCUT2D eigenvalue weighted by Crippen LogP contribution is 2.19. The van der Waals surface area contributed by atoms with Crippen LogP contribution in [-0.4, -0.2) is 57.5 Å². The van der Waals surface area contributed by atoms with Crippen LogP contribution in [-0.2, 0) is 11.3 Å². The zero-order valence-electron chi connectivity index (χ0n) is 16.0. The standard InChI is InChI=1S/C19H27N5O2S/c1-3-4-8-24-18(26)20-21-19(24)27-14-17(25)23-11-9-22(10-12-23)16-7-5-6-15(2)13-16/h5-7,13H,3-4,8-12,14H2,1-2H3,(H,20,26). The number of hydrogen-bond acceptors (Lipinski definition) is 5. The van der Waals surface area contributed by atoms with Gasteiger partial charge in [0, 0.05) is 38.4 Å². The number of H-pyrrole nitrogens is 1. The Morgan fingerprint density at radius 3 is 2.74 bits per heavy atom. The molecule has 0 atom stereocenters. The summed E-state index contributed by atoms with van der Waals surface area (Å²) >= 11 is 1.33. The first-order chi connectivity index (χ1) is 13.1. The lowest BCUT2D eigenvalue weighted by molar-refractivity contribution is -0.128. The molecule has 1 aliphatic rings. The van der Waals surface area contributed by atoms with Gasteiger partial charge in [0.05, 0.1) is 5.75 Å². The van der Waals surface area contributed by atoms with Crippen molar-refractivity contribution >= 4 is 23.4 Å². The van der Waals surface area contributed by atoms with Crippen LogP contribution in [0, 0.1) is 6.92 Å². The van der Waals surface area contributed by atoms with E-state index >= 15 is 0 Å². The van der Waals surface area contributed by atoms with Crippen molar-refractivity contribution in [2.75, 3.05) is 36.8 Å². The van der Waals surface area contributed by atoms with Crippen LogP contribution in [0.25, 0.3) is 0 Å². The van der Waals surface area contributed by atoms with E-state index in [9.17, 15) is 9.59 Å².